The third-order valence-electron chi connectivity index (χ3n) is 5.38. The van der Waals surface area contributed by atoms with Crippen molar-refractivity contribution in [3.8, 4) is 0 Å². The summed E-state index contributed by atoms with van der Waals surface area (Å²) in [7, 11) is 1.92. The second kappa shape index (κ2) is 7.17. The Kier molecular flexibility index (Phi) is 5.01. The third kappa shape index (κ3) is 3.63. The highest BCUT2D eigenvalue weighted by Gasteiger charge is 2.40. The number of rotatable bonds is 4. The number of aryl methyl sites for hydroxylation is 1. The molecule has 2 fully saturated rings. The first-order valence-electron chi connectivity index (χ1n) is 8.81. The van der Waals surface area contributed by atoms with Crippen molar-refractivity contribution in [2.45, 2.75) is 44.9 Å². The first kappa shape index (κ1) is 15.4. The molecule has 0 amide bonds. The lowest BCUT2D eigenvalue weighted by atomic mass is 9.86. The van der Waals surface area contributed by atoms with Gasteiger partial charge in [0.1, 0.15) is 0 Å². The zero-order valence-electron chi connectivity index (χ0n) is 13.9. The van der Waals surface area contributed by atoms with E-state index in [1.807, 2.05) is 7.05 Å². The average molecular weight is 299 g/mol. The van der Waals surface area contributed by atoms with E-state index in [1.165, 1.54) is 50.8 Å². The number of nitrogens with one attached hydrogen (secondary N) is 1. The zero-order valence-corrected chi connectivity index (χ0v) is 13.9. The van der Waals surface area contributed by atoms with Crippen molar-refractivity contribution < 1.29 is 0 Å². The molecule has 3 rings (SSSR count). The van der Waals surface area contributed by atoms with Gasteiger partial charge >= 0.3 is 0 Å². The van der Waals surface area contributed by atoms with Gasteiger partial charge < -0.3 is 10.2 Å². The maximum absolute atomic E-state index is 4.50. The Balaban J connectivity index is 1.43. The van der Waals surface area contributed by atoms with Crippen molar-refractivity contribution in [3.05, 3.63) is 35.9 Å². The molecule has 1 heterocycles. The van der Waals surface area contributed by atoms with Crippen LogP contribution in [-0.2, 0) is 6.42 Å². The van der Waals surface area contributed by atoms with Gasteiger partial charge in [0.2, 0.25) is 0 Å². The predicted octanol–water partition coefficient (Wildman–Crippen LogP) is 3.46. The van der Waals surface area contributed by atoms with Gasteiger partial charge in [-0.15, -0.1) is 0 Å². The van der Waals surface area contributed by atoms with Crippen LogP contribution in [0.5, 0.6) is 0 Å². The Hall–Kier alpha value is -1.51. The molecule has 1 saturated heterocycles. The second-order valence-electron chi connectivity index (χ2n) is 6.94. The number of hydrogen-bond acceptors (Lipinski definition) is 1. The summed E-state index contributed by atoms with van der Waals surface area (Å²) in [5.41, 5.74) is 2.03. The lowest BCUT2D eigenvalue weighted by Gasteiger charge is -2.25. The summed E-state index contributed by atoms with van der Waals surface area (Å²) in [6, 6.07) is 10.7. The summed E-state index contributed by atoms with van der Waals surface area (Å²) in [6.45, 7) is 3.40. The van der Waals surface area contributed by atoms with Crippen LogP contribution >= 0.6 is 0 Å². The summed E-state index contributed by atoms with van der Waals surface area (Å²) in [4.78, 5) is 6.98. The quantitative estimate of drug-likeness (QED) is 0.524. The molecule has 1 aromatic rings. The van der Waals surface area contributed by atoms with Gasteiger partial charge in [-0.3, -0.25) is 4.99 Å². The van der Waals surface area contributed by atoms with Crippen LogP contribution in [0.2, 0.25) is 0 Å². The lowest BCUT2D eigenvalue weighted by Crippen LogP contribution is -2.41. The fraction of sp³-hybridized carbons (Fsp3) is 0.632. The first-order valence-corrected chi connectivity index (χ1v) is 8.81. The van der Waals surface area contributed by atoms with Gasteiger partial charge in [-0.05, 0) is 43.1 Å². The van der Waals surface area contributed by atoms with E-state index in [2.05, 4.69) is 45.5 Å². The van der Waals surface area contributed by atoms with Gasteiger partial charge in [0.25, 0.3) is 0 Å². The maximum Gasteiger partial charge on any atom is 0.193 e. The summed E-state index contributed by atoms with van der Waals surface area (Å²) in [6.07, 6.45) is 9.35. The minimum absolute atomic E-state index is 0.613. The Morgan fingerprint density at radius 1 is 1.18 bits per heavy atom. The minimum atomic E-state index is 0.613. The van der Waals surface area contributed by atoms with E-state index >= 15 is 0 Å². The smallest absolute Gasteiger partial charge is 0.193 e. The van der Waals surface area contributed by atoms with Crippen LogP contribution in [0.4, 0.5) is 0 Å². The molecule has 3 heteroatoms. The SMILES string of the molecule is CN=C(NCCCc1ccccc1)N1CCC2(CCCC2)C1. The van der Waals surface area contributed by atoms with Crippen LogP contribution in [-0.4, -0.2) is 37.5 Å². The molecule has 1 aliphatic carbocycles. The van der Waals surface area contributed by atoms with Gasteiger partial charge in [0, 0.05) is 26.7 Å². The van der Waals surface area contributed by atoms with Gasteiger partial charge in [-0.25, -0.2) is 0 Å². The molecular weight excluding hydrogens is 270 g/mol. The molecule has 1 N–H and O–H groups in total. The van der Waals surface area contributed by atoms with Crippen molar-refractivity contribution >= 4 is 5.96 Å². The number of nitrogens with zero attached hydrogens (tertiary/aromatic N) is 2. The van der Waals surface area contributed by atoms with Crippen molar-refractivity contribution in [1.29, 1.82) is 0 Å². The highest BCUT2D eigenvalue weighted by Crippen LogP contribution is 2.45. The standard InChI is InChI=1S/C19H29N3/c1-20-18(21-14-7-10-17-8-3-2-4-9-17)22-15-13-19(16-22)11-5-6-12-19/h2-4,8-9H,5-7,10-16H2,1H3,(H,20,21). The molecule has 1 spiro atoms. The van der Waals surface area contributed by atoms with Crippen LogP contribution in [0.15, 0.2) is 35.3 Å². The third-order valence-corrected chi connectivity index (χ3v) is 5.38. The van der Waals surface area contributed by atoms with Gasteiger partial charge in [0.15, 0.2) is 5.96 Å². The van der Waals surface area contributed by atoms with Crippen molar-refractivity contribution in [3.63, 3.8) is 0 Å². The Morgan fingerprint density at radius 3 is 2.68 bits per heavy atom. The van der Waals surface area contributed by atoms with Crippen LogP contribution in [0.1, 0.15) is 44.1 Å². The van der Waals surface area contributed by atoms with Crippen molar-refractivity contribution in [2.24, 2.45) is 10.4 Å². The van der Waals surface area contributed by atoms with E-state index < -0.39 is 0 Å². The summed E-state index contributed by atoms with van der Waals surface area (Å²) in [5, 5.41) is 3.56. The molecule has 0 bridgehead atoms. The Labute approximate surface area is 134 Å². The topological polar surface area (TPSA) is 27.6 Å². The number of guanidine groups is 1. The average Bonchev–Trinajstić information content (AvgIpc) is 3.19. The molecule has 1 aliphatic heterocycles. The molecule has 0 atom stereocenters. The van der Waals surface area contributed by atoms with E-state index in [0.29, 0.717) is 5.41 Å². The predicted molar refractivity (Wildman–Crippen MR) is 93.2 cm³/mol. The molecule has 22 heavy (non-hydrogen) atoms. The number of likely N-dealkylation sites (tertiary alicyclic amines) is 1. The monoisotopic (exact) mass is 299 g/mol. The molecule has 0 radical (unpaired) electrons. The fourth-order valence-corrected chi connectivity index (χ4v) is 4.12. The lowest BCUT2D eigenvalue weighted by molar-refractivity contribution is 0.309. The molecular formula is C19H29N3. The van der Waals surface area contributed by atoms with Gasteiger partial charge in [-0.1, -0.05) is 43.2 Å². The fourth-order valence-electron chi connectivity index (χ4n) is 4.12. The Morgan fingerprint density at radius 2 is 1.95 bits per heavy atom. The van der Waals surface area contributed by atoms with Crippen LogP contribution in [0.25, 0.3) is 0 Å². The summed E-state index contributed by atoms with van der Waals surface area (Å²) < 4.78 is 0. The van der Waals surface area contributed by atoms with Gasteiger partial charge in [-0.2, -0.15) is 0 Å². The van der Waals surface area contributed by atoms with Crippen molar-refractivity contribution in [1.82, 2.24) is 10.2 Å². The van der Waals surface area contributed by atoms with E-state index in [9.17, 15) is 0 Å². The minimum Gasteiger partial charge on any atom is -0.356 e. The molecule has 120 valence electrons. The van der Waals surface area contributed by atoms with E-state index in [1.54, 1.807) is 0 Å². The summed E-state index contributed by atoms with van der Waals surface area (Å²) >= 11 is 0. The highest BCUT2D eigenvalue weighted by molar-refractivity contribution is 5.80. The molecule has 0 unspecified atom stereocenters. The maximum atomic E-state index is 4.50. The number of benzene rings is 1. The zero-order chi connectivity index (χ0) is 15.3. The molecule has 2 aliphatic rings. The number of aliphatic imine (C=N–C) groups is 1. The molecule has 1 saturated carbocycles. The first-order chi connectivity index (χ1) is 10.8. The van der Waals surface area contributed by atoms with E-state index in [4.69, 9.17) is 0 Å². The van der Waals surface area contributed by atoms with Crippen LogP contribution in [0, 0.1) is 5.41 Å². The largest absolute Gasteiger partial charge is 0.356 e. The van der Waals surface area contributed by atoms with E-state index in [-0.39, 0.29) is 0 Å². The van der Waals surface area contributed by atoms with Gasteiger partial charge in [0.05, 0.1) is 0 Å². The molecule has 3 nitrogen and oxygen atoms in total. The van der Waals surface area contributed by atoms with Crippen LogP contribution in [0.3, 0.4) is 0 Å². The van der Waals surface area contributed by atoms with Crippen molar-refractivity contribution in [2.75, 3.05) is 26.7 Å². The van der Waals surface area contributed by atoms with Crippen LogP contribution < -0.4 is 5.32 Å². The second-order valence-corrected chi connectivity index (χ2v) is 6.94. The highest BCUT2D eigenvalue weighted by atomic mass is 15.3. The Bertz CT molecular complexity index is 489. The molecule has 0 aromatic heterocycles. The number of hydrogen-bond donors (Lipinski definition) is 1. The molecule has 1 aromatic carbocycles. The van der Waals surface area contributed by atoms with E-state index in [0.717, 1.165) is 25.3 Å². The normalized spacial score (nSPS) is 20.8. The summed E-state index contributed by atoms with van der Waals surface area (Å²) in [5.74, 6) is 1.11.